The zero-order chi connectivity index (χ0) is 22.6. The number of rotatable bonds is 5. The lowest BCUT2D eigenvalue weighted by Gasteiger charge is -2.39. The second kappa shape index (κ2) is 10.2. The number of piperidine rings is 1. The second-order valence-corrected chi connectivity index (χ2v) is 10.0. The van der Waals surface area contributed by atoms with Gasteiger partial charge in [0.25, 0.3) is 0 Å². The monoisotopic (exact) mass is 447 g/mol. The normalized spacial score (nSPS) is 21.7. The minimum Gasteiger partial charge on any atom is -0.356 e. The van der Waals surface area contributed by atoms with Crippen LogP contribution >= 0.6 is 0 Å². The van der Waals surface area contributed by atoms with Gasteiger partial charge in [0.1, 0.15) is 5.82 Å². The molecule has 0 aromatic carbocycles. The Hall–Kier alpha value is -2.50. The molecule has 2 aromatic rings. The molecule has 3 aliphatic rings. The molecule has 6 nitrogen and oxygen atoms in total. The van der Waals surface area contributed by atoms with Crippen LogP contribution in [0.5, 0.6) is 0 Å². The highest BCUT2D eigenvalue weighted by molar-refractivity contribution is 5.79. The van der Waals surface area contributed by atoms with E-state index in [0.717, 1.165) is 94.0 Å². The van der Waals surface area contributed by atoms with Gasteiger partial charge in [-0.2, -0.15) is 0 Å². The Morgan fingerprint density at radius 1 is 1.00 bits per heavy atom. The summed E-state index contributed by atoms with van der Waals surface area (Å²) in [6.45, 7) is 4.91. The molecular weight excluding hydrogens is 410 g/mol. The Balaban J connectivity index is 1.39. The number of aryl methyl sites for hydroxylation is 1. The largest absolute Gasteiger partial charge is 0.356 e. The first-order chi connectivity index (χ1) is 16.2. The van der Waals surface area contributed by atoms with Crippen molar-refractivity contribution in [1.29, 1.82) is 0 Å². The van der Waals surface area contributed by atoms with Crippen LogP contribution in [-0.2, 0) is 17.6 Å². The SMILES string of the molecule is Cc1nc([C@@H]2CCCCN2C(=O)C2CCCCC2)nc2c1CCCN2CCc1ccccn1. The summed E-state index contributed by atoms with van der Waals surface area (Å²) in [5.74, 6) is 2.51. The lowest BCUT2D eigenvalue weighted by molar-refractivity contribution is -0.140. The summed E-state index contributed by atoms with van der Waals surface area (Å²) in [6.07, 6.45) is 13.9. The number of pyridine rings is 1. The van der Waals surface area contributed by atoms with E-state index in [1.54, 1.807) is 0 Å². The van der Waals surface area contributed by atoms with E-state index < -0.39 is 0 Å². The quantitative estimate of drug-likeness (QED) is 0.658. The number of amides is 1. The molecule has 1 aliphatic carbocycles. The summed E-state index contributed by atoms with van der Waals surface area (Å²) < 4.78 is 0. The standard InChI is InChI=1S/C27H37N5O/c1-20-23-13-9-17-31(19-15-22-12-5-7-16-28-22)26(23)30-25(29-20)24-14-6-8-18-32(24)27(33)21-10-3-2-4-11-21/h5,7,12,16,21,24H,2-4,6,8-11,13-15,17-19H2,1H3/t24-/m0/s1. The number of aromatic nitrogens is 3. The van der Waals surface area contributed by atoms with Gasteiger partial charge in [-0.1, -0.05) is 25.3 Å². The third-order valence-corrected chi connectivity index (χ3v) is 7.77. The van der Waals surface area contributed by atoms with Gasteiger partial charge in [-0.25, -0.2) is 9.97 Å². The number of hydrogen-bond donors (Lipinski definition) is 0. The molecule has 0 radical (unpaired) electrons. The molecular formula is C27H37N5O. The second-order valence-electron chi connectivity index (χ2n) is 10.0. The molecule has 1 saturated heterocycles. The first-order valence-electron chi connectivity index (χ1n) is 13.0. The van der Waals surface area contributed by atoms with Crippen molar-refractivity contribution < 1.29 is 4.79 Å². The molecule has 0 N–H and O–H groups in total. The van der Waals surface area contributed by atoms with Gasteiger partial charge in [-0.3, -0.25) is 9.78 Å². The molecule has 4 heterocycles. The smallest absolute Gasteiger partial charge is 0.226 e. The summed E-state index contributed by atoms with van der Waals surface area (Å²) in [4.78, 5) is 32.7. The number of carbonyl (C=O) groups excluding carboxylic acids is 1. The first-order valence-corrected chi connectivity index (χ1v) is 13.0. The number of likely N-dealkylation sites (tertiary alicyclic amines) is 1. The van der Waals surface area contributed by atoms with Crippen LogP contribution in [-0.4, -0.2) is 45.4 Å². The van der Waals surface area contributed by atoms with E-state index in [1.165, 1.54) is 24.8 Å². The molecule has 0 unspecified atom stereocenters. The molecule has 0 spiro atoms. The fraction of sp³-hybridized carbons (Fsp3) is 0.630. The zero-order valence-corrected chi connectivity index (χ0v) is 20.0. The Kier molecular flexibility index (Phi) is 6.88. The highest BCUT2D eigenvalue weighted by atomic mass is 16.2. The number of hydrogen-bond acceptors (Lipinski definition) is 5. The highest BCUT2D eigenvalue weighted by Gasteiger charge is 2.35. The van der Waals surface area contributed by atoms with Crippen LogP contribution in [0.15, 0.2) is 24.4 Å². The molecule has 176 valence electrons. The van der Waals surface area contributed by atoms with Crippen LogP contribution in [0.4, 0.5) is 5.82 Å². The number of carbonyl (C=O) groups is 1. The Morgan fingerprint density at radius 2 is 1.85 bits per heavy atom. The maximum Gasteiger partial charge on any atom is 0.226 e. The van der Waals surface area contributed by atoms with Gasteiger partial charge in [0, 0.05) is 55.1 Å². The van der Waals surface area contributed by atoms with Crippen molar-refractivity contribution >= 4 is 11.7 Å². The third-order valence-electron chi connectivity index (χ3n) is 7.77. The van der Waals surface area contributed by atoms with Gasteiger partial charge in [-0.15, -0.1) is 0 Å². The van der Waals surface area contributed by atoms with E-state index in [-0.39, 0.29) is 12.0 Å². The Labute approximate surface area is 197 Å². The summed E-state index contributed by atoms with van der Waals surface area (Å²) in [5, 5.41) is 0. The van der Waals surface area contributed by atoms with E-state index >= 15 is 0 Å². The summed E-state index contributed by atoms with van der Waals surface area (Å²) in [7, 11) is 0. The fourth-order valence-corrected chi connectivity index (χ4v) is 5.92. The fourth-order valence-electron chi connectivity index (χ4n) is 5.92. The van der Waals surface area contributed by atoms with Gasteiger partial charge in [0.05, 0.1) is 6.04 Å². The molecule has 2 fully saturated rings. The first kappa shape index (κ1) is 22.3. The molecule has 33 heavy (non-hydrogen) atoms. The summed E-state index contributed by atoms with van der Waals surface area (Å²) >= 11 is 0. The maximum absolute atomic E-state index is 13.5. The molecule has 2 aromatic heterocycles. The van der Waals surface area contributed by atoms with Crippen molar-refractivity contribution in [3.63, 3.8) is 0 Å². The van der Waals surface area contributed by atoms with Gasteiger partial charge >= 0.3 is 0 Å². The number of anilines is 1. The summed E-state index contributed by atoms with van der Waals surface area (Å²) in [5.41, 5.74) is 3.49. The Morgan fingerprint density at radius 3 is 2.67 bits per heavy atom. The molecule has 1 amide bonds. The van der Waals surface area contributed by atoms with Gasteiger partial charge in [-0.05, 0) is 64.0 Å². The molecule has 2 aliphatic heterocycles. The van der Waals surface area contributed by atoms with Crippen molar-refractivity contribution in [2.45, 2.75) is 83.6 Å². The topological polar surface area (TPSA) is 62.2 Å². The van der Waals surface area contributed by atoms with Gasteiger partial charge < -0.3 is 9.80 Å². The predicted molar refractivity (Wildman–Crippen MR) is 130 cm³/mol. The summed E-state index contributed by atoms with van der Waals surface area (Å²) in [6, 6.07) is 6.14. The van der Waals surface area contributed by atoms with Crippen LogP contribution in [0.2, 0.25) is 0 Å². The molecule has 0 bridgehead atoms. The lowest BCUT2D eigenvalue weighted by atomic mass is 9.87. The van der Waals surface area contributed by atoms with Crippen LogP contribution in [0.1, 0.15) is 86.6 Å². The van der Waals surface area contributed by atoms with E-state index in [4.69, 9.17) is 9.97 Å². The lowest BCUT2D eigenvalue weighted by Crippen LogP contribution is -2.43. The van der Waals surface area contributed by atoms with Gasteiger partial charge in [0.15, 0.2) is 5.82 Å². The molecule has 6 heteroatoms. The highest BCUT2D eigenvalue weighted by Crippen LogP contribution is 2.36. The van der Waals surface area contributed by atoms with Crippen molar-refractivity contribution in [3.05, 3.63) is 47.2 Å². The van der Waals surface area contributed by atoms with Crippen LogP contribution in [0.25, 0.3) is 0 Å². The third kappa shape index (κ3) is 4.90. The van der Waals surface area contributed by atoms with Crippen LogP contribution in [0.3, 0.4) is 0 Å². The van der Waals surface area contributed by atoms with E-state index in [1.807, 2.05) is 12.3 Å². The average Bonchev–Trinajstić information content (AvgIpc) is 2.88. The van der Waals surface area contributed by atoms with Crippen molar-refractivity contribution in [2.24, 2.45) is 5.92 Å². The average molecular weight is 448 g/mol. The molecule has 1 atom stereocenters. The van der Waals surface area contributed by atoms with Crippen molar-refractivity contribution in [2.75, 3.05) is 24.5 Å². The zero-order valence-electron chi connectivity index (χ0n) is 20.0. The molecule has 1 saturated carbocycles. The van der Waals surface area contributed by atoms with Crippen molar-refractivity contribution in [3.8, 4) is 0 Å². The maximum atomic E-state index is 13.5. The van der Waals surface area contributed by atoms with Crippen LogP contribution < -0.4 is 4.90 Å². The molecule has 5 rings (SSSR count). The minimum atomic E-state index is 0.0248. The van der Waals surface area contributed by atoms with E-state index in [0.29, 0.717) is 5.91 Å². The predicted octanol–water partition coefficient (Wildman–Crippen LogP) is 4.81. The van der Waals surface area contributed by atoms with Crippen molar-refractivity contribution in [1.82, 2.24) is 19.9 Å². The number of fused-ring (bicyclic) bond motifs is 1. The van der Waals surface area contributed by atoms with Crippen LogP contribution in [0, 0.1) is 12.8 Å². The van der Waals surface area contributed by atoms with E-state index in [2.05, 4.69) is 33.8 Å². The number of nitrogens with zero attached hydrogens (tertiary/aromatic N) is 5. The Bertz CT molecular complexity index is 956. The minimum absolute atomic E-state index is 0.0248. The van der Waals surface area contributed by atoms with Gasteiger partial charge in [0.2, 0.25) is 5.91 Å². The van der Waals surface area contributed by atoms with E-state index in [9.17, 15) is 4.79 Å².